The molecule has 37 heavy (non-hydrogen) atoms. The third-order valence-corrected chi connectivity index (χ3v) is 8.64. The first kappa shape index (κ1) is 24.0. The maximum atomic E-state index is 13.1. The summed E-state index contributed by atoms with van der Waals surface area (Å²) in [6.45, 7) is 5.40. The summed E-state index contributed by atoms with van der Waals surface area (Å²) < 4.78 is 6.38. The predicted octanol–water partition coefficient (Wildman–Crippen LogP) is 6.78. The number of anilines is 2. The topological polar surface area (TPSA) is 36.0 Å². The quantitative estimate of drug-likeness (QED) is 0.353. The number of hydrogen-bond acceptors (Lipinski definition) is 4. The number of ether oxygens (including phenoxy) is 1. The molecule has 2 unspecified atom stereocenters. The van der Waals surface area contributed by atoms with Crippen molar-refractivity contribution in [2.24, 2.45) is 0 Å². The number of thiocarbonyl (C=S) groups is 1. The van der Waals surface area contributed by atoms with Crippen LogP contribution in [0.4, 0.5) is 11.4 Å². The first-order valence-electron chi connectivity index (χ1n) is 13.5. The third-order valence-electron chi connectivity index (χ3n) is 8.19. The standard InChI is InChI=1S/C31H33N3O2S/c1-3-32(4-2)30(35)22-14-17-27-29(18-22)36-28-13-9-8-12-26(28)34(27)25-19-23-15-16-24(20-25)33(23)31(37)21-10-6-5-7-11-21/h5-14,17-18,23-25H,3-4,15-16,19-20H2,1-2H3. The normalized spacial score (nSPS) is 21.6. The Bertz CT molecular complexity index is 1310. The molecular formula is C31H33N3O2S. The van der Waals surface area contributed by atoms with Gasteiger partial charge in [-0.05, 0) is 69.9 Å². The lowest BCUT2D eigenvalue weighted by Gasteiger charge is -2.46. The molecule has 0 radical (unpaired) electrons. The van der Waals surface area contributed by atoms with Gasteiger partial charge in [-0.2, -0.15) is 0 Å². The van der Waals surface area contributed by atoms with Crippen molar-refractivity contribution in [2.45, 2.75) is 57.7 Å². The number of carbonyl (C=O) groups excluding carboxylic acids is 1. The Hall–Kier alpha value is -3.38. The van der Waals surface area contributed by atoms with E-state index in [9.17, 15) is 4.79 Å². The number of fused-ring (bicyclic) bond motifs is 4. The highest BCUT2D eigenvalue weighted by atomic mass is 32.1. The molecule has 3 aromatic rings. The summed E-state index contributed by atoms with van der Waals surface area (Å²) in [5, 5.41) is 0. The number of carbonyl (C=O) groups is 1. The lowest BCUT2D eigenvalue weighted by molar-refractivity contribution is 0.0772. The van der Waals surface area contributed by atoms with Crippen LogP contribution in [0.2, 0.25) is 0 Å². The second-order valence-electron chi connectivity index (χ2n) is 10.2. The molecule has 6 heteroatoms. The number of para-hydroxylation sites is 2. The predicted molar refractivity (Wildman–Crippen MR) is 152 cm³/mol. The van der Waals surface area contributed by atoms with Gasteiger partial charge in [-0.1, -0.05) is 54.7 Å². The average Bonchev–Trinajstić information content (AvgIpc) is 3.20. The minimum atomic E-state index is 0.0441. The van der Waals surface area contributed by atoms with Crippen molar-refractivity contribution in [3.05, 3.63) is 83.9 Å². The number of benzene rings is 3. The molecule has 3 heterocycles. The fourth-order valence-electron chi connectivity index (χ4n) is 6.43. The van der Waals surface area contributed by atoms with Crippen LogP contribution in [0.3, 0.4) is 0 Å². The summed E-state index contributed by atoms with van der Waals surface area (Å²) in [7, 11) is 0. The van der Waals surface area contributed by atoms with Gasteiger partial charge >= 0.3 is 0 Å². The number of amides is 1. The molecule has 5 nitrogen and oxygen atoms in total. The van der Waals surface area contributed by atoms with Gasteiger partial charge in [0.25, 0.3) is 5.91 Å². The maximum absolute atomic E-state index is 13.1. The molecule has 0 aromatic heterocycles. The maximum Gasteiger partial charge on any atom is 0.253 e. The van der Waals surface area contributed by atoms with Gasteiger partial charge < -0.3 is 19.4 Å². The van der Waals surface area contributed by atoms with Crippen LogP contribution in [-0.4, -0.2) is 51.9 Å². The molecule has 0 aliphatic carbocycles. The third kappa shape index (κ3) is 4.17. The summed E-state index contributed by atoms with van der Waals surface area (Å²) in [4.78, 5) is 20.9. The molecule has 190 valence electrons. The smallest absolute Gasteiger partial charge is 0.253 e. The zero-order valence-corrected chi connectivity index (χ0v) is 22.3. The van der Waals surface area contributed by atoms with Crippen LogP contribution in [0.15, 0.2) is 72.8 Å². The monoisotopic (exact) mass is 511 g/mol. The first-order chi connectivity index (χ1) is 18.1. The summed E-state index contributed by atoms with van der Waals surface area (Å²) in [5.41, 5.74) is 3.95. The molecule has 1 amide bonds. The molecule has 2 fully saturated rings. The van der Waals surface area contributed by atoms with Crippen molar-refractivity contribution >= 4 is 34.5 Å². The van der Waals surface area contributed by atoms with Gasteiger partial charge in [0.05, 0.1) is 11.4 Å². The fraction of sp³-hybridized carbons (Fsp3) is 0.355. The van der Waals surface area contributed by atoms with Crippen LogP contribution in [-0.2, 0) is 0 Å². The summed E-state index contributed by atoms with van der Waals surface area (Å²) in [6, 6.07) is 25.8. The van der Waals surface area contributed by atoms with Crippen molar-refractivity contribution in [1.29, 1.82) is 0 Å². The van der Waals surface area contributed by atoms with Crippen molar-refractivity contribution < 1.29 is 9.53 Å². The molecule has 3 aliphatic heterocycles. The number of nitrogens with zero attached hydrogens (tertiary/aromatic N) is 3. The number of piperidine rings is 1. The summed E-state index contributed by atoms with van der Waals surface area (Å²) in [5.74, 6) is 1.64. The van der Waals surface area contributed by atoms with E-state index in [1.807, 2.05) is 49.1 Å². The van der Waals surface area contributed by atoms with E-state index in [0.29, 0.717) is 36.8 Å². The van der Waals surface area contributed by atoms with Crippen LogP contribution in [0.1, 0.15) is 55.5 Å². The summed E-state index contributed by atoms with van der Waals surface area (Å²) in [6.07, 6.45) is 4.42. The Morgan fingerprint density at radius 3 is 2.19 bits per heavy atom. The minimum Gasteiger partial charge on any atom is -0.453 e. The average molecular weight is 512 g/mol. The Balaban J connectivity index is 1.32. The van der Waals surface area contributed by atoms with Gasteiger partial charge in [0, 0.05) is 42.3 Å². The minimum absolute atomic E-state index is 0.0441. The van der Waals surface area contributed by atoms with E-state index in [-0.39, 0.29) is 5.91 Å². The largest absolute Gasteiger partial charge is 0.453 e. The molecule has 0 N–H and O–H groups in total. The van der Waals surface area contributed by atoms with E-state index in [1.165, 1.54) is 12.8 Å². The summed E-state index contributed by atoms with van der Waals surface area (Å²) >= 11 is 5.99. The first-order valence-corrected chi connectivity index (χ1v) is 13.9. The number of rotatable bonds is 5. The van der Waals surface area contributed by atoms with E-state index in [2.05, 4.69) is 52.3 Å². The van der Waals surface area contributed by atoms with Crippen LogP contribution >= 0.6 is 12.2 Å². The Morgan fingerprint density at radius 2 is 1.49 bits per heavy atom. The molecule has 2 atom stereocenters. The Kier molecular flexibility index (Phi) is 6.37. The van der Waals surface area contributed by atoms with Gasteiger partial charge in [0.2, 0.25) is 0 Å². The Labute approximate surface area is 224 Å². The van der Waals surface area contributed by atoms with Crippen LogP contribution < -0.4 is 9.64 Å². The lowest BCUT2D eigenvalue weighted by Crippen LogP contribution is -2.51. The van der Waals surface area contributed by atoms with Gasteiger partial charge in [-0.25, -0.2) is 0 Å². The zero-order valence-electron chi connectivity index (χ0n) is 21.5. The fourth-order valence-corrected chi connectivity index (χ4v) is 6.86. The number of hydrogen-bond donors (Lipinski definition) is 0. The molecule has 2 bridgehead atoms. The molecule has 6 rings (SSSR count). The van der Waals surface area contributed by atoms with Gasteiger partial charge in [0.15, 0.2) is 11.5 Å². The molecule has 0 spiro atoms. The second-order valence-corrected chi connectivity index (χ2v) is 10.6. The van der Waals surface area contributed by atoms with Crippen molar-refractivity contribution in [3.63, 3.8) is 0 Å². The molecular weight excluding hydrogens is 478 g/mol. The highest BCUT2D eigenvalue weighted by Gasteiger charge is 2.45. The van der Waals surface area contributed by atoms with Crippen LogP contribution in [0, 0.1) is 0 Å². The molecule has 2 saturated heterocycles. The van der Waals surface area contributed by atoms with Crippen molar-refractivity contribution in [3.8, 4) is 11.5 Å². The second kappa shape index (κ2) is 9.82. The van der Waals surface area contributed by atoms with Crippen LogP contribution in [0.25, 0.3) is 0 Å². The van der Waals surface area contributed by atoms with Crippen molar-refractivity contribution in [1.82, 2.24) is 9.80 Å². The molecule has 3 aliphatic rings. The Morgan fingerprint density at radius 1 is 0.838 bits per heavy atom. The van der Waals surface area contributed by atoms with Gasteiger partial charge in [-0.3, -0.25) is 4.79 Å². The SMILES string of the molecule is CCN(CC)C(=O)c1ccc2c(c1)Oc1ccccc1N2C1CC2CCC(C1)N2C(=S)c1ccccc1. The van der Waals surface area contributed by atoms with E-state index >= 15 is 0 Å². The highest BCUT2D eigenvalue weighted by Crippen LogP contribution is 2.51. The van der Waals surface area contributed by atoms with Crippen molar-refractivity contribution in [2.75, 3.05) is 18.0 Å². The van der Waals surface area contributed by atoms with Gasteiger partial charge in [0.1, 0.15) is 4.99 Å². The highest BCUT2D eigenvalue weighted by molar-refractivity contribution is 7.80. The lowest BCUT2D eigenvalue weighted by atomic mass is 9.93. The molecule has 3 aromatic carbocycles. The molecule has 0 saturated carbocycles. The zero-order chi connectivity index (χ0) is 25.5. The van der Waals surface area contributed by atoms with E-state index in [4.69, 9.17) is 17.0 Å². The van der Waals surface area contributed by atoms with E-state index < -0.39 is 0 Å². The van der Waals surface area contributed by atoms with Crippen LogP contribution in [0.5, 0.6) is 11.5 Å². The van der Waals surface area contributed by atoms with E-state index in [1.54, 1.807) is 0 Å². The van der Waals surface area contributed by atoms with Gasteiger partial charge in [-0.15, -0.1) is 0 Å². The van der Waals surface area contributed by atoms with E-state index in [0.717, 1.165) is 46.3 Å².